The summed E-state index contributed by atoms with van der Waals surface area (Å²) in [5.41, 5.74) is 0.357. The Bertz CT molecular complexity index is 422. The fourth-order valence-electron chi connectivity index (χ4n) is 1.20. The molecule has 2 amide bonds. The van der Waals surface area contributed by atoms with E-state index in [1.807, 2.05) is 0 Å². The van der Waals surface area contributed by atoms with Crippen LogP contribution >= 0.6 is 0 Å². The summed E-state index contributed by atoms with van der Waals surface area (Å²) in [6.07, 6.45) is 0. The molecule has 0 spiro atoms. The van der Waals surface area contributed by atoms with Gasteiger partial charge in [0.2, 0.25) is 0 Å². The molecule has 1 unspecified atom stereocenters. The first-order chi connectivity index (χ1) is 8.52. The molecule has 7 heteroatoms. The standard InChI is InChI=1S/C11H13FN2O4/c1-18-6-9(10(15)16)14-11(17)13-8-4-2-7(12)3-5-8/h2-5,9H,6H2,1H3,(H,15,16)(H2,13,14,17). The number of ether oxygens (including phenoxy) is 1. The summed E-state index contributed by atoms with van der Waals surface area (Å²) < 4.78 is 17.3. The van der Waals surface area contributed by atoms with Gasteiger partial charge in [-0.05, 0) is 24.3 Å². The predicted octanol–water partition coefficient (Wildman–Crippen LogP) is 1.05. The minimum absolute atomic E-state index is 0.147. The summed E-state index contributed by atoms with van der Waals surface area (Å²) in [5.74, 6) is -1.63. The van der Waals surface area contributed by atoms with Crippen molar-refractivity contribution in [2.45, 2.75) is 6.04 Å². The second kappa shape index (κ2) is 6.55. The smallest absolute Gasteiger partial charge is 0.328 e. The number of rotatable bonds is 5. The molecule has 0 heterocycles. The number of hydrogen-bond donors (Lipinski definition) is 3. The van der Waals surface area contributed by atoms with Gasteiger partial charge in [0.15, 0.2) is 6.04 Å². The molecule has 0 fully saturated rings. The Morgan fingerprint density at radius 3 is 2.50 bits per heavy atom. The van der Waals surface area contributed by atoms with Gasteiger partial charge in [0, 0.05) is 12.8 Å². The summed E-state index contributed by atoms with van der Waals surface area (Å²) in [5, 5.41) is 13.4. The monoisotopic (exact) mass is 256 g/mol. The second-order valence-corrected chi connectivity index (χ2v) is 3.45. The van der Waals surface area contributed by atoms with E-state index >= 15 is 0 Å². The van der Waals surface area contributed by atoms with Crippen LogP contribution in [-0.4, -0.2) is 36.9 Å². The number of benzene rings is 1. The maximum Gasteiger partial charge on any atom is 0.328 e. The van der Waals surface area contributed by atoms with E-state index in [9.17, 15) is 14.0 Å². The van der Waals surface area contributed by atoms with E-state index in [-0.39, 0.29) is 6.61 Å². The average molecular weight is 256 g/mol. The van der Waals surface area contributed by atoms with Crippen molar-refractivity contribution in [3.8, 4) is 0 Å². The van der Waals surface area contributed by atoms with Gasteiger partial charge >= 0.3 is 12.0 Å². The second-order valence-electron chi connectivity index (χ2n) is 3.45. The zero-order valence-electron chi connectivity index (χ0n) is 9.64. The first kappa shape index (κ1) is 13.9. The summed E-state index contributed by atoms with van der Waals surface area (Å²) in [7, 11) is 1.33. The minimum atomic E-state index is -1.20. The molecule has 1 rings (SSSR count). The summed E-state index contributed by atoms with van der Waals surface area (Å²) >= 11 is 0. The van der Waals surface area contributed by atoms with Crippen LogP contribution in [0, 0.1) is 5.82 Å². The molecular formula is C11H13FN2O4. The molecule has 3 N–H and O–H groups in total. The Hall–Kier alpha value is -2.15. The Kier molecular flexibility index (Phi) is 5.06. The molecular weight excluding hydrogens is 243 g/mol. The van der Waals surface area contributed by atoms with E-state index in [0.717, 1.165) is 0 Å². The van der Waals surface area contributed by atoms with Crippen LogP contribution in [0.25, 0.3) is 0 Å². The fourth-order valence-corrected chi connectivity index (χ4v) is 1.20. The zero-order chi connectivity index (χ0) is 13.5. The lowest BCUT2D eigenvalue weighted by Gasteiger charge is -2.14. The SMILES string of the molecule is COCC(NC(=O)Nc1ccc(F)cc1)C(=O)O. The van der Waals surface area contributed by atoms with Crippen molar-refractivity contribution < 1.29 is 23.8 Å². The van der Waals surface area contributed by atoms with E-state index < -0.39 is 23.9 Å². The molecule has 0 aliphatic carbocycles. The lowest BCUT2D eigenvalue weighted by atomic mass is 10.3. The van der Waals surface area contributed by atoms with Crippen molar-refractivity contribution in [1.82, 2.24) is 5.32 Å². The van der Waals surface area contributed by atoms with Crippen molar-refractivity contribution in [3.05, 3.63) is 30.1 Å². The van der Waals surface area contributed by atoms with Crippen molar-refractivity contribution in [2.24, 2.45) is 0 Å². The molecule has 0 aliphatic rings. The molecule has 0 radical (unpaired) electrons. The molecule has 1 aromatic carbocycles. The third-order valence-electron chi connectivity index (χ3n) is 2.04. The number of hydrogen-bond acceptors (Lipinski definition) is 3. The first-order valence-corrected chi connectivity index (χ1v) is 5.07. The summed E-state index contributed by atoms with van der Waals surface area (Å²) in [6, 6.07) is 3.24. The molecule has 0 saturated carbocycles. The van der Waals surface area contributed by atoms with Gasteiger partial charge < -0.3 is 20.5 Å². The first-order valence-electron chi connectivity index (χ1n) is 5.07. The Morgan fingerprint density at radius 2 is 2.00 bits per heavy atom. The van der Waals surface area contributed by atoms with E-state index in [0.29, 0.717) is 5.69 Å². The molecule has 1 atom stereocenters. The molecule has 0 aromatic heterocycles. The van der Waals surface area contributed by atoms with Gasteiger partial charge in [0.1, 0.15) is 5.82 Å². The average Bonchev–Trinajstić information content (AvgIpc) is 2.31. The molecule has 18 heavy (non-hydrogen) atoms. The van der Waals surface area contributed by atoms with Gasteiger partial charge in [0.25, 0.3) is 0 Å². The number of carboxylic acid groups (broad SMARTS) is 1. The lowest BCUT2D eigenvalue weighted by Crippen LogP contribution is -2.45. The molecule has 0 aliphatic heterocycles. The Morgan fingerprint density at radius 1 is 1.39 bits per heavy atom. The van der Waals surface area contributed by atoms with Crippen molar-refractivity contribution >= 4 is 17.7 Å². The number of aliphatic carboxylic acids is 1. The number of anilines is 1. The number of carbonyl (C=O) groups excluding carboxylic acids is 1. The van der Waals surface area contributed by atoms with Crippen LogP contribution in [0.5, 0.6) is 0 Å². The van der Waals surface area contributed by atoms with Gasteiger partial charge in [-0.25, -0.2) is 14.0 Å². The Balaban J connectivity index is 2.54. The van der Waals surface area contributed by atoms with E-state index in [1.54, 1.807) is 0 Å². The summed E-state index contributed by atoms with van der Waals surface area (Å²) in [4.78, 5) is 22.2. The van der Waals surface area contributed by atoms with E-state index in [1.165, 1.54) is 31.4 Å². The quantitative estimate of drug-likeness (QED) is 0.734. The third kappa shape index (κ3) is 4.38. The third-order valence-corrected chi connectivity index (χ3v) is 2.04. The van der Waals surface area contributed by atoms with Crippen LogP contribution in [0.15, 0.2) is 24.3 Å². The highest BCUT2D eigenvalue weighted by molar-refractivity contribution is 5.92. The predicted molar refractivity (Wildman–Crippen MR) is 61.9 cm³/mol. The van der Waals surface area contributed by atoms with Crippen LogP contribution in [0.2, 0.25) is 0 Å². The van der Waals surface area contributed by atoms with Gasteiger partial charge in [-0.2, -0.15) is 0 Å². The summed E-state index contributed by atoms with van der Waals surface area (Å²) in [6.45, 7) is -0.147. The van der Waals surface area contributed by atoms with Crippen molar-refractivity contribution in [2.75, 3.05) is 19.0 Å². The molecule has 0 saturated heterocycles. The van der Waals surface area contributed by atoms with Crippen molar-refractivity contribution in [1.29, 1.82) is 0 Å². The highest BCUT2D eigenvalue weighted by Gasteiger charge is 2.19. The van der Waals surface area contributed by atoms with Gasteiger partial charge in [-0.15, -0.1) is 0 Å². The van der Waals surface area contributed by atoms with Crippen LogP contribution in [0.3, 0.4) is 0 Å². The minimum Gasteiger partial charge on any atom is -0.480 e. The van der Waals surface area contributed by atoms with Gasteiger partial charge in [0.05, 0.1) is 6.61 Å². The maximum atomic E-state index is 12.6. The number of nitrogens with one attached hydrogen (secondary N) is 2. The Labute approximate surface area is 103 Å². The molecule has 1 aromatic rings. The van der Waals surface area contributed by atoms with Crippen molar-refractivity contribution in [3.63, 3.8) is 0 Å². The number of amides is 2. The van der Waals surface area contributed by atoms with Gasteiger partial charge in [-0.3, -0.25) is 0 Å². The number of methoxy groups -OCH3 is 1. The topological polar surface area (TPSA) is 87.7 Å². The molecule has 0 bridgehead atoms. The largest absolute Gasteiger partial charge is 0.480 e. The normalized spacial score (nSPS) is 11.7. The van der Waals surface area contributed by atoms with Crippen LogP contribution in [-0.2, 0) is 9.53 Å². The highest BCUT2D eigenvalue weighted by atomic mass is 19.1. The number of carboxylic acids is 1. The number of urea groups is 1. The highest BCUT2D eigenvalue weighted by Crippen LogP contribution is 2.07. The lowest BCUT2D eigenvalue weighted by molar-refractivity contribution is -0.140. The number of halogens is 1. The van der Waals surface area contributed by atoms with E-state index in [2.05, 4.69) is 15.4 Å². The fraction of sp³-hybridized carbons (Fsp3) is 0.273. The van der Waals surface area contributed by atoms with Crippen LogP contribution in [0.4, 0.5) is 14.9 Å². The van der Waals surface area contributed by atoms with Crippen LogP contribution in [0.1, 0.15) is 0 Å². The molecule has 6 nitrogen and oxygen atoms in total. The van der Waals surface area contributed by atoms with Gasteiger partial charge in [-0.1, -0.05) is 0 Å². The number of carbonyl (C=O) groups is 2. The van der Waals surface area contributed by atoms with Crippen LogP contribution < -0.4 is 10.6 Å². The maximum absolute atomic E-state index is 12.6. The van der Waals surface area contributed by atoms with E-state index in [4.69, 9.17) is 5.11 Å². The zero-order valence-corrected chi connectivity index (χ0v) is 9.64. The molecule has 98 valence electrons.